The number of alkyl halides is 3. The highest BCUT2D eigenvalue weighted by Crippen LogP contribution is 2.21. The summed E-state index contributed by atoms with van der Waals surface area (Å²) < 4.78 is 49.2. The van der Waals surface area contributed by atoms with E-state index in [1.165, 1.54) is 6.07 Å². The predicted molar refractivity (Wildman–Crippen MR) is 62.7 cm³/mol. The lowest BCUT2D eigenvalue weighted by Crippen LogP contribution is -2.17. The third kappa shape index (κ3) is 5.71. The molecule has 1 rings (SSSR count). The number of nitriles is 1. The normalized spacial score (nSPS) is 11.3. The number of hydrogen-bond acceptors (Lipinski definition) is 2. The fourth-order valence-electron chi connectivity index (χ4n) is 1.60. The van der Waals surface area contributed by atoms with Crippen molar-refractivity contribution in [3.8, 4) is 6.07 Å². The SMILES string of the molecule is N#Cc1cccc(CNCCCCC(F)(F)F)c1F. The van der Waals surface area contributed by atoms with Gasteiger partial charge in [0.1, 0.15) is 11.9 Å². The first kappa shape index (κ1) is 15.4. The van der Waals surface area contributed by atoms with E-state index in [1.54, 1.807) is 18.2 Å². The Morgan fingerprint density at radius 3 is 2.58 bits per heavy atom. The average Bonchev–Trinajstić information content (AvgIpc) is 2.34. The van der Waals surface area contributed by atoms with Crippen molar-refractivity contribution in [1.82, 2.24) is 5.32 Å². The van der Waals surface area contributed by atoms with Crippen LogP contribution in [0.5, 0.6) is 0 Å². The summed E-state index contributed by atoms with van der Waals surface area (Å²) in [5, 5.41) is 11.5. The Kier molecular flexibility index (Phi) is 5.77. The second-order valence-electron chi connectivity index (χ2n) is 4.14. The first-order valence-corrected chi connectivity index (χ1v) is 5.89. The van der Waals surface area contributed by atoms with Gasteiger partial charge < -0.3 is 5.32 Å². The molecule has 0 saturated heterocycles. The summed E-state index contributed by atoms with van der Waals surface area (Å²) in [4.78, 5) is 0. The maximum Gasteiger partial charge on any atom is 0.389 e. The molecule has 0 amide bonds. The molecule has 0 bridgehead atoms. The van der Waals surface area contributed by atoms with Crippen molar-refractivity contribution < 1.29 is 17.6 Å². The molecule has 2 nitrogen and oxygen atoms in total. The maximum absolute atomic E-state index is 13.6. The van der Waals surface area contributed by atoms with E-state index in [-0.39, 0.29) is 18.5 Å². The fourth-order valence-corrected chi connectivity index (χ4v) is 1.60. The Morgan fingerprint density at radius 2 is 1.95 bits per heavy atom. The first-order chi connectivity index (χ1) is 8.94. The summed E-state index contributed by atoms with van der Waals surface area (Å²) in [5.41, 5.74) is 0.311. The minimum atomic E-state index is -4.12. The van der Waals surface area contributed by atoms with Crippen LogP contribution >= 0.6 is 0 Å². The largest absolute Gasteiger partial charge is 0.389 e. The number of benzene rings is 1. The van der Waals surface area contributed by atoms with E-state index < -0.39 is 18.4 Å². The lowest BCUT2D eigenvalue weighted by molar-refractivity contribution is -0.135. The van der Waals surface area contributed by atoms with Gasteiger partial charge in [-0.25, -0.2) is 4.39 Å². The zero-order chi connectivity index (χ0) is 14.3. The molecule has 0 heterocycles. The zero-order valence-electron chi connectivity index (χ0n) is 10.2. The van der Waals surface area contributed by atoms with Crippen LogP contribution in [0.3, 0.4) is 0 Å². The highest BCUT2D eigenvalue weighted by atomic mass is 19.4. The third-order valence-electron chi connectivity index (χ3n) is 2.58. The van der Waals surface area contributed by atoms with Gasteiger partial charge in [-0.1, -0.05) is 12.1 Å². The van der Waals surface area contributed by atoms with Crippen molar-refractivity contribution in [3.05, 3.63) is 35.1 Å². The van der Waals surface area contributed by atoms with Crippen molar-refractivity contribution in [2.75, 3.05) is 6.54 Å². The summed E-state index contributed by atoms with van der Waals surface area (Å²) in [6.45, 7) is 0.583. The number of rotatable bonds is 6. The van der Waals surface area contributed by atoms with Gasteiger partial charge in [0.15, 0.2) is 0 Å². The van der Waals surface area contributed by atoms with Crippen LogP contribution in [0.4, 0.5) is 17.6 Å². The van der Waals surface area contributed by atoms with E-state index in [2.05, 4.69) is 5.32 Å². The fraction of sp³-hybridized carbons (Fsp3) is 0.462. The molecule has 0 unspecified atom stereocenters. The van der Waals surface area contributed by atoms with Crippen LogP contribution in [0.1, 0.15) is 30.4 Å². The van der Waals surface area contributed by atoms with E-state index in [9.17, 15) is 17.6 Å². The molecule has 0 saturated carbocycles. The number of nitrogens with one attached hydrogen (secondary N) is 1. The molecule has 0 aliphatic heterocycles. The number of unbranched alkanes of at least 4 members (excludes halogenated alkanes) is 1. The standard InChI is InChI=1S/C13H14F4N2/c14-12-10(8-18)4-3-5-11(12)9-19-7-2-1-6-13(15,16)17/h3-5,19H,1-2,6-7,9H2. The van der Waals surface area contributed by atoms with E-state index >= 15 is 0 Å². The van der Waals surface area contributed by atoms with E-state index in [0.29, 0.717) is 18.5 Å². The zero-order valence-corrected chi connectivity index (χ0v) is 10.2. The summed E-state index contributed by atoms with van der Waals surface area (Å²) in [6, 6.07) is 6.22. The van der Waals surface area contributed by atoms with Gasteiger partial charge >= 0.3 is 6.18 Å². The Hall–Kier alpha value is -1.61. The smallest absolute Gasteiger partial charge is 0.313 e. The van der Waals surface area contributed by atoms with Crippen molar-refractivity contribution in [2.45, 2.75) is 32.0 Å². The van der Waals surface area contributed by atoms with Crippen molar-refractivity contribution in [2.24, 2.45) is 0 Å². The molecule has 0 fully saturated rings. The van der Waals surface area contributed by atoms with Crippen molar-refractivity contribution >= 4 is 0 Å². The number of hydrogen-bond donors (Lipinski definition) is 1. The highest BCUT2D eigenvalue weighted by molar-refractivity contribution is 5.34. The third-order valence-corrected chi connectivity index (χ3v) is 2.58. The summed E-state index contributed by atoms with van der Waals surface area (Å²) in [6.07, 6.45) is -4.49. The molecule has 0 aliphatic carbocycles. The van der Waals surface area contributed by atoms with Gasteiger partial charge in [-0.05, 0) is 25.5 Å². The lowest BCUT2D eigenvalue weighted by Gasteiger charge is -2.08. The van der Waals surface area contributed by atoms with Gasteiger partial charge in [0, 0.05) is 18.5 Å². The molecule has 1 aromatic rings. The lowest BCUT2D eigenvalue weighted by atomic mass is 10.1. The summed E-state index contributed by atoms with van der Waals surface area (Å²) in [7, 11) is 0. The molecule has 104 valence electrons. The van der Waals surface area contributed by atoms with Crippen LogP contribution in [0.2, 0.25) is 0 Å². The molecule has 0 aromatic heterocycles. The predicted octanol–water partition coefficient (Wildman–Crippen LogP) is 3.52. The minimum absolute atomic E-state index is 0.0311. The molecule has 6 heteroatoms. The van der Waals surface area contributed by atoms with Crippen molar-refractivity contribution in [3.63, 3.8) is 0 Å². The van der Waals surface area contributed by atoms with Crippen LogP contribution in [0.25, 0.3) is 0 Å². The summed E-state index contributed by atoms with van der Waals surface area (Å²) >= 11 is 0. The van der Waals surface area contributed by atoms with Crippen LogP contribution < -0.4 is 5.32 Å². The number of nitrogens with zero attached hydrogens (tertiary/aromatic N) is 1. The van der Waals surface area contributed by atoms with Crippen LogP contribution in [0.15, 0.2) is 18.2 Å². The average molecular weight is 274 g/mol. The van der Waals surface area contributed by atoms with Gasteiger partial charge in [-0.3, -0.25) is 0 Å². The van der Waals surface area contributed by atoms with Gasteiger partial charge in [-0.15, -0.1) is 0 Å². The quantitative estimate of drug-likeness (QED) is 0.636. The van der Waals surface area contributed by atoms with Gasteiger partial charge in [0.2, 0.25) is 0 Å². The molecular formula is C13H14F4N2. The Morgan fingerprint density at radius 1 is 1.21 bits per heavy atom. The first-order valence-electron chi connectivity index (χ1n) is 5.89. The topological polar surface area (TPSA) is 35.8 Å². The van der Waals surface area contributed by atoms with E-state index in [0.717, 1.165) is 0 Å². The molecule has 0 radical (unpaired) electrons. The Bertz CT molecular complexity index is 449. The second kappa shape index (κ2) is 7.10. The molecule has 1 aromatic carbocycles. The Labute approximate surface area is 109 Å². The van der Waals surface area contributed by atoms with Crippen LogP contribution in [-0.4, -0.2) is 12.7 Å². The van der Waals surface area contributed by atoms with E-state index in [1.807, 2.05) is 0 Å². The van der Waals surface area contributed by atoms with Crippen LogP contribution in [-0.2, 0) is 6.54 Å². The van der Waals surface area contributed by atoms with Crippen LogP contribution in [0, 0.1) is 17.1 Å². The molecule has 1 N–H and O–H groups in total. The molecule has 0 atom stereocenters. The molecule has 0 aliphatic rings. The van der Waals surface area contributed by atoms with Gasteiger partial charge in [0.25, 0.3) is 0 Å². The molecule has 19 heavy (non-hydrogen) atoms. The van der Waals surface area contributed by atoms with Gasteiger partial charge in [-0.2, -0.15) is 18.4 Å². The van der Waals surface area contributed by atoms with Gasteiger partial charge in [0.05, 0.1) is 5.56 Å². The second-order valence-corrected chi connectivity index (χ2v) is 4.14. The monoisotopic (exact) mass is 274 g/mol. The minimum Gasteiger partial charge on any atom is -0.313 e. The maximum atomic E-state index is 13.6. The Balaban J connectivity index is 2.29. The molecular weight excluding hydrogens is 260 g/mol. The molecule has 0 spiro atoms. The van der Waals surface area contributed by atoms with E-state index in [4.69, 9.17) is 5.26 Å². The summed E-state index contributed by atoms with van der Waals surface area (Å²) in [5.74, 6) is -0.576. The highest BCUT2D eigenvalue weighted by Gasteiger charge is 2.25. The van der Waals surface area contributed by atoms with Crippen molar-refractivity contribution in [1.29, 1.82) is 5.26 Å². The number of halogens is 4.